The molecule has 3 rings (SSSR count). The lowest BCUT2D eigenvalue weighted by Crippen LogP contribution is -2.66. The Hall–Kier alpha value is -0.640. The monoisotopic (exact) mass is 504 g/mol. The molecule has 34 heavy (non-hydrogen) atoms. The van der Waals surface area contributed by atoms with Crippen LogP contribution in [0.1, 0.15) is 0 Å². The minimum atomic E-state index is -1.90. The normalized spacial score (nSPS) is 52.5. The number of aliphatic hydroxyl groups is 11. The van der Waals surface area contributed by atoms with Gasteiger partial charge in [0.1, 0.15) is 73.2 Å². The first kappa shape index (κ1) is 27.9. The van der Waals surface area contributed by atoms with Gasteiger partial charge in [0.15, 0.2) is 18.9 Å². The van der Waals surface area contributed by atoms with Crippen LogP contribution < -0.4 is 0 Å². The molecule has 3 heterocycles. The molecule has 200 valence electrons. The number of hydrogen-bond donors (Lipinski definition) is 11. The molecule has 0 radical (unpaired) electrons. The Morgan fingerprint density at radius 3 is 1.50 bits per heavy atom. The van der Waals surface area contributed by atoms with E-state index >= 15 is 0 Å². The Labute approximate surface area is 192 Å². The molecule has 0 aromatic rings. The van der Waals surface area contributed by atoms with Crippen molar-refractivity contribution >= 4 is 0 Å². The van der Waals surface area contributed by atoms with E-state index in [0.717, 1.165) is 0 Å². The second-order valence-corrected chi connectivity index (χ2v) is 8.33. The molecular weight excluding hydrogens is 472 g/mol. The van der Waals surface area contributed by atoms with Gasteiger partial charge in [-0.2, -0.15) is 0 Å². The zero-order valence-electron chi connectivity index (χ0n) is 17.7. The molecule has 3 aliphatic heterocycles. The molecule has 0 bridgehead atoms. The van der Waals surface area contributed by atoms with Gasteiger partial charge in [0.25, 0.3) is 0 Å². The van der Waals surface area contributed by atoms with Crippen LogP contribution in [0.3, 0.4) is 0 Å². The molecule has 16 nitrogen and oxygen atoms in total. The lowest BCUT2D eigenvalue weighted by molar-refractivity contribution is -0.378. The standard InChI is InChI=1S/C18H32O16/c19-1-4-7(22)9(24)12(27)17(31-4)34-15-8(23)5(2-20)32-18(13(15)28)33-14-6(3-21)30-16(29)11(26)10(14)25/h4-29H,1-3H2/t4?,5-,6?,7+,8-,9?,10?,11-,12-,13?,14+,15?,16-,17+,18-/m1/s1. The van der Waals surface area contributed by atoms with Crippen LogP contribution in [-0.2, 0) is 23.7 Å². The quantitative estimate of drug-likeness (QED) is 0.154. The summed E-state index contributed by atoms with van der Waals surface area (Å²) in [5, 5.41) is 109. The van der Waals surface area contributed by atoms with Crippen molar-refractivity contribution in [2.45, 2.75) is 92.1 Å². The molecule has 0 saturated carbocycles. The fourth-order valence-corrected chi connectivity index (χ4v) is 4.05. The second-order valence-electron chi connectivity index (χ2n) is 8.33. The molecule has 16 heteroatoms. The molecule has 6 unspecified atom stereocenters. The highest BCUT2D eigenvalue weighted by Crippen LogP contribution is 2.32. The molecule has 0 aromatic carbocycles. The summed E-state index contributed by atoms with van der Waals surface area (Å²) in [7, 11) is 0. The topological polar surface area (TPSA) is 269 Å². The second kappa shape index (κ2) is 11.6. The average molecular weight is 504 g/mol. The largest absolute Gasteiger partial charge is 0.394 e. The summed E-state index contributed by atoms with van der Waals surface area (Å²) in [5.74, 6) is 0. The lowest BCUT2D eigenvalue weighted by Gasteiger charge is -2.47. The third kappa shape index (κ3) is 5.37. The maximum atomic E-state index is 10.8. The zero-order chi connectivity index (χ0) is 25.3. The zero-order valence-corrected chi connectivity index (χ0v) is 17.7. The van der Waals surface area contributed by atoms with Crippen LogP contribution in [0.25, 0.3) is 0 Å². The summed E-state index contributed by atoms with van der Waals surface area (Å²) in [6.45, 7) is -2.34. The van der Waals surface area contributed by atoms with Crippen LogP contribution in [0.15, 0.2) is 0 Å². The molecule has 3 fully saturated rings. The predicted molar refractivity (Wildman–Crippen MR) is 101 cm³/mol. The molecular formula is C18H32O16. The summed E-state index contributed by atoms with van der Waals surface area (Å²) in [5.41, 5.74) is 0. The smallest absolute Gasteiger partial charge is 0.187 e. The van der Waals surface area contributed by atoms with Gasteiger partial charge in [-0.15, -0.1) is 0 Å². The molecule has 11 N–H and O–H groups in total. The molecule has 0 aliphatic carbocycles. The molecule has 0 amide bonds. The summed E-state index contributed by atoms with van der Waals surface area (Å²) in [4.78, 5) is 0. The Kier molecular flexibility index (Phi) is 9.54. The van der Waals surface area contributed by atoms with E-state index in [1.807, 2.05) is 0 Å². The minimum absolute atomic E-state index is 0.759. The van der Waals surface area contributed by atoms with Crippen LogP contribution in [0.2, 0.25) is 0 Å². The fraction of sp³-hybridized carbons (Fsp3) is 1.00. The van der Waals surface area contributed by atoms with E-state index in [2.05, 4.69) is 0 Å². The third-order valence-electron chi connectivity index (χ3n) is 6.09. The van der Waals surface area contributed by atoms with Gasteiger partial charge in [-0.05, 0) is 0 Å². The SMILES string of the molecule is OCC1O[C@@H](OC2C(O)[C@@H](O[C@H]3C(CO)O[C@@H](O)[C@H](O)C3O)O[C@H](CO)[C@H]2O)[C@H](O)C(O)[C@H]1O. The van der Waals surface area contributed by atoms with Crippen molar-refractivity contribution in [2.75, 3.05) is 19.8 Å². The minimum Gasteiger partial charge on any atom is -0.394 e. The maximum absolute atomic E-state index is 10.8. The van der Waals surface area contributed by atoms with Crippen LogP contribution in [0.5, 0.6) is 0 Å². The van der Waals surface area contributed by atoms with Gasteiger partial charge in [0, 0.05) is 0 Å². The van der Waals surface area contributed by atoms with E-state index < -0.39 is 112 Å². The summed E-state index contributed by atoms with van der Waals surface area (Å²) in [6, 6.07) is 0. The average Bonchev–Trinajstić information content (AvgIpc) is 2.83. The van der Waals surface area contributed by atoms with Gasteiger partial charge in [-0.3, -0.25) is 0 Å². The van der Waals surface area contributed by atoms with Crippen LogP contribution in [0, 0.1) is 0 Å². The maximum Gasteiger partial charge on any atom is 0.187 e. The van der Waals surface area contributed by atoms with Crippen LogP contribution in [-0.4, -0.2) is 168 Å². The van der Waals surface area contributed by atoms with E-state index in [9.17, 15) is 56.2 Å². The van der Waals surface area contributed by atoms with Crippen molar-refractivity contribution in [1.82, 2.24) is 0 Å². The highest BCUT2D eigenvalue weighted by Gasteiger charge is 2.53. The number of ether oxygens (including phenoxy) is 5. The van der Waals surface area contributed by atoms with Gasteiger partial charge < -0.3 is 79.9 Å². The molecule has 0 aromatic heterocycles. The first-order valence-corrected chi connectivity index (χ1v) is 10.6. The van der Waals surface area contributed by atoms with E-state index in [4.69, 9.17) is 23.7 Å². The molecule has 3 saturated heterocycles. The summed E-state index contributed by atoms with van der Waals surface area (Å²) < 4.78 is 26.4. The van der Waals surface area contributed by atoms with Gasteiger partial charge in [0.05, 0.1) is 19.8 Å². The molecule has 0 spiro atoms. The Balaban J connectivity index is 1.78. The van der Waals surface area contributed by atoms with Gasteiger partial charge in [-0.1, -0.05) is 0 Å². The summed E-state index contributed by atoms with van der Waals surface area (Å²) in [6.07, 6.45) is -25.4. The van der Waals surface area contributed by atoms with Crippen molar-refractivity contribution in [2.24, 2.45) is 0 Å². The van der Waals surface area contributed by atoms with Crippen molar-refractivity contribution in [3.63, 3.8) is 0 Å². The van der Waals surface area contributed by atoms with Crippen molar-refractivity contribution in [1.29, 1.82) is 0 Å². The summed E-state index contributed by atoms with van der Waals surface area (Å²) >= 11 is 0. The van der Waals surface area contributed by atoms with Gasteiger partial charge in [0.2, 0.25) is 0 Å². The molecule has 3 aliphatic rings. The Morgan fingerprint density at radius 1 is 0.441 bits per heavy atom. The fourth-order valence-electron chi connectivity index (χ4n) is 4.05. The van der Waals surface area contributed by atoms with Crippen molar-refractivity contribution in [3.05, 3.63) is 0 Å². The highest BCUT2D eigenvalue weighted by atomic mass is 16.7. The number of aliphatic hydroxyl groups excluding tert-OH is 11. The van der Waals surface area contributed by atoms with Gasteiger partial charge in [-0.25, -0.2) is 0 Å². The van der Waals surface area contributed by atoms with Crippen molar-refractivity contribution < 1.29 is 79.9 Å². The highest BCUT2D eigenvalue weighted by molar-refractivity contribution is 4.96. The van der Waals surface area contributed by atoms with E-state index in [-0.39, 0.29) is 0 Å². The third-order valence-corrected chi connectivity index (χ3v) is 6.09. The van der Waals surface area contributed by atoms with Crippen LogP contribution in [0.4, 0.5) is 0 Å². The number of hydrogen-bond acceptors (Lipinski definition) is 16. The molecule has 15 atom stereocenters. The van der Waals surface area contributed by atoms with Crippen molar-refractivity contribution in [3.8, 4) is 0 Å². The first-order chi connectivity index (χ1) is 16.0. The van der Waals surface area contributed by atoms with Gasteiger partial charge >= 0.3 is 0 Å². The Morgan fingerprint density at radius 2 is 0.941 bits per heavy atom. The van der Waals surface area contributed by atoms with E-state index in [1.54, 1.807) is 0 Å². The first-order valence-electron chi connectivity index (χ1n) is 10.6. The number of rotatable bonds is 7. The van der Waals surface area contributed by atoms with E-state index in [1.165, 1.54) is 0 Å². The van der Waals surface area contributed by atoms with Crippen LogP contribution >= 0.6 is 0 Å². The Bertz CT molecular complexity index is 637. The lowest BCUT2D eigenvalue weighted by atomic mass is 9.96. The predicted octanol–water partition coefficient (Wildman–Crippen LogP) is -7.57. The van der Waals surface area contributed by atoms with E-state index in [0.29, 0.717) is 0 Å².